The molecule has 1 unspecified atom stereocenters. The largest absolute Gasteiger partial charge is 0.317 e. The molecule has 2 N–H and O–H groups in total. The van der Waals surface area contributed by atoms with E-state index in [9.17, 15) is 8.42 Å². The van der Waals surface area contributed by atoms with Crippen LogP contribution in [0.1, 0.15) is 44.7 Å². The van der Waals surface area contributed by atoms with Crippen LogP contribution in [0.5, 0.6) is 0 Å². The number of nitrogens with one attached hydrogen (secondary N) is 2. The van der Waals surface area contributed by atoms with Gasteiger partial charge in [-0.25, -0.2) is 13.1 Å². The average molecular weight is 298 g/mol. The van der Waals surface area contributed by atoms with Gasteiger partial charge in [0, 0.05) is 6.04 Å². The molecule has 20 heavy (non-hydrogen) atoms. The fraction of sp³-hybridized carbons (Fsp3) is 0.600. The van der Waals surface area contributed by atoms with E-state index < -0.39 is 10.0 Å². The standard InChI is InChI=1S/C15H26N2O2S/c1-3-11-16-12-8-13-20(18,19)17-15(4-2)14-9-6-5-7-10-14/h5-7,9-10,15-17H,3-4,8,11-13H2,1-2H3. The molecule has 0 fully saturated rings. The summed E-state index contributed by atoms with van der Waals surface area (Å²) in [6.45, 7) is 5.77. The van der Waals surface area contributed by atoms with Crippen LogP contribution in [0.2, 0.25) is 0 Å². The summed E-state index contributed by atoms with van der Waals surface area (Å²) >= 11 is 0. The van der Waals surface area contributed by atoms with Gasteiger partial charge in [0.25, 0.3) is 0 Å². The van der Waals surface area contributed by atoms with Crippen molar-refractivity contribution in [1.82, 2.24) is 10.0 Å². The van der Waals surface area contributed by atoms with Gasteiger partial charge in [0.05, 0.1) is 5.75 Å². The zero-order valence-electron chi connectivity index (χ0n) is 12.4. The highest BCUT2D eigenvalue weighted by atomic mass is 32.2. The second kappa shape index (κ2) is 9.10. The molecule has 0 aliphatic rings. The van der Waals surface area contributed by atoms with E-state index in [0.717, 1.165) is 31.5 Å². The average Bonchev–Trinajstić information content (AvgIpc) is 2.45. The van der Waals surface area contributed by atoms with Gasteiger partial charge in [-0.2, -0.15) is 0 Å². The molecule has 0 saturated carbocycles. The number of hydrogen-bond donors (Lipinski definition) is 2. The molecule has 4 nitrogen and oxygen atoms in total. The van der Waals surface area contributed by atoms with Crippen LogP contribution >= 0.6 is 0 Å². The van der Waals surface area contributed by atoms with Crippen molar-refractivity contribution in [1.29, 1.82) is 0 Å². The van der Waals surface area contributed by atoms with Crippen LogP contribution in [0.4, 0.5) is 0 Å². The van der Waals surface area contributed by atoms with Gasteiger partial charge in [-0.3, -0.25) is 0 Å². The highest BCUT2D eigenvalue weighted by molar-refractivity contribution is 7.89. The first kappa shape index (κ1) is 17.1. The first-order valence-corrected chi connectivity index (χ1v) is 9.00. The van der Waals surface area contributed by atoms with Crippen molar-refractivity contribution in [3.05, 3.63) is 35.9 Å². The smallest absolute Gasteiger partial charge is 0.212 e. The van der Waals surface area contributed by atoms with Crippen molar-refractivity contribution < 1.29 is 8.42 Å². The maximum Gasteiger partial charge on any atom is 0.212 e. The molecule has 0 heterocycles. The van der Waals surface area contributed by atoms with Crippen molar-refractivity contribution in [2.24, 2.45) is 0 Å². The normalized spacial score (nSPS) is 13.3. The Morgan fingerprint density at radius 3 is 2.40 bits per heavy atom. The van der Waals surface area contributed by atoms with Crippen LogP contribution in [0.15, 0.2) is 30.3 Å². The molecule has 5 heteroatoms. The Morgan fingerprint density at radius 2 is 1.80 bits per heavy atom. The molecule has 0 aliphatic heterocycles. The summed E-state index contributed by atoms with van der Waals surface area (Å²) in [7, 11) is -3.22. The predicted molar refractivity (Wildman–Crippen MR) is 84.2 cm³/mol. The van der Waals surface area contributed by atoms with E-state index in [0.29, 0.717) is 6.42 Å². The van der Waals surface area contributed by atoms with Crippen molar-refractivity contribution in [2.75, 3.05) is 18.8 Å². The Balaban J connectivity index is 2.47. The van der Waals surface area contributed by atoms with E-state index in [2.05, 4.69) is 17.0 Å². The molecule has 0 amide bonds. The van der Waals surface area contributed by atoms with E-state index in [4.69, 9.17) is 0 Å². The van der Waals surface area contributed by atoms with Gasteiger partial charge in [0.1, 0.15) is 0 Å². The minimum Gasteiger partial charge on any atom is -0.317 e. The summed E-state index contributed by atoms with van der Waals surface area (Å²) < 4.78 is 26.9. The van der Waals surface area contributed by atoms with Crippen LogP contribution in [0, 0.1) is 0 Å². The molecule has 1 aromatic rings. The van der Waals surface area contributed by atoms with Crippen LogP contribution in [0.3, 0.4) is 0 Å². The zero-order chi connectivity index (χ0) is 14.8. The summed E-state index contributed by atoms with van der Waals surface area (Å²) in [5.74, 6) is 0.174. The quantitative estimate of drug-likeness (QED) is 0.652. The van der Waals surface area contributed by atoms with E-state index in [-0.39, 0.29) is 11.8 Å². The van der Waals surface area contributed by atoms with E-state index in [1.165, 1.54) is 0 Å². The molecule has 0 aliphatic carbocycles. The Morgan fingerprint density at radius 1 is 1.10 bits per heavy atom. The molecule has 1 atom stereocenters. The number of hydrogen-bond acceptors (Lipinski definition) is 3. The van der Waals surface area contributed by atoms with Crippen molar-refractivity contribution in [2.45, 2.75) is 39.2 Å². The fourth-order valence-electron chi connectivity index (χ4n) is 2.04. The Kier molecular flexibility index (Phi) is 7.80. The Labute approximate surface area is 123 Å². The summed E-state index contributed by atoms with van der Waals surface area (Å²) in [5.41, 5.74) is 1.02. The van der Waals surface area contributed by atoms with E-state index in [1.807, 2.05) is 37.3 Å². The third kappa shape index (κ3) is 6.50. The Hall–Kier alpha value is -0.910. The van der Waals surface area contributed by atoms with Crippen LogP contribution in [0.25, 0.3) is 0 Å². The number of benzene rings is 1. The minimum atomic E-state index is -3.22. The lowest BCUT2D eigenvalue weighted by molar-refractivity contribution is 0.545. The molecule has 0 saturated heterocycles. The molecule has 1 aromatic carbocycles. The third-order valence-corrected chi connectivity index (χ3v) is 4.60. The van der Waals surface area contributed by atoms with Gasteiger partial charge in [-0.05, 0) is 37.9 Å². The second-order valence-corrected chi connectivity index (χ2v) is 6.79. The highest BCUT2D eigenvalue weighted by Gasteiger charge is 2.17. The molecule has 114 valence electrons. The van der Waals surface area contributed by atoms with Crippen molar-refractivity contribution in [3.8, 4) is 0 Å². The van der Waals surface area contributed by atoms with Crippen LogP contribution in [-0.4, -0.2) is 27.3 Å². The Bertz CT molecular complexity index is 460. The van der Waals surface area contributed by atoms with Gasteiger partial charge in [0.15, 0.2) is 0 Å². The maximum atomic E-state index is 12.1. The summed E-state index contributed by atoms with van der Waals surface area (Å²) in [4.78, 5) is 0. The monoisotopic (exact) mass is 298 g/mol. The van der Waals surface area contributed by atoms with Gasteiger partial charge < -0.3 is 5.32 Å². The molecule has 0 bridgehead atoms. The van der Waals surface area contributed by atoms with Gasteiger partial charge in [-0.15, -0.1) is 0 Å². The zero-order valence-corrected chi connectivity index (χ0v) is 13.2. The van der Waals surface area contributed by atoms with E-state index >= 15 is 0 Å². The number of rotatable bonds is 10. The molecule has 0 aromatic heterocycles. The van der Waals surface area contributed by atoms with E-state index in [1.54, 1.807) is 0 Å². The second-order valence-electron chi connectivity index (χ2n) is 4.91. The fourth-order valence-corrected chi connectivity index (χ4v) is 3.42. The van der Waals surface area contributed by atoms with Crippen molar-refractivity contribution in [3.63, 3.8) is 0 Å². The lowest BCUT2D eigenvalue weighted by Crippen LogP contribution is -2.31. The van der Waals surface area contributed by atoms with Crippen LogP contribution in [-0.2, 0) is 10.0 Å². The molecule has 0 spiro atoms. The lowest BCUT2D eigenvalue weighted by Gasteiger charge is -2.17. The van der Waals surface area contributed by atoms with Crippen LogP contribution < -0.4 is 10.0 Å². The lowest BCUT2D eigenvalue weighted by atomic mass is 10.1. The highest BCUT2D eigenvalue weighted by Crippen LogP contribution is 2.17. The molecule has 0 radical (unpaired) electrons. The summed E-state index contributed by atoms with van der Waals surface area (Å²) in [6.07, 6.45) is 2.45. The SMILES string of the molecule is CCCNCCCS(=O)(=O)NC(CC)c1ccccc1. The number of sulfonamides is 1. The topological polar surface area (TPSA) is 58.2 Å². The van der Waals surface area contributed by atoms with Gasteiger partial charge in [0.2, 0.25) is 10.0 Å². The predicted octanol–water partition coefficient (Wildman–Crippen LogP) is 2.45. The minimum absolute atomic E-state index is 0.134. The van der Waals surface area contributed by atoms with Gasteiger partial charge >= 0.3 is 0 Å². The summed E-state index contributed by atoms with van der Waals surface area (Å²) in [6, 6.07) is 9.58. The molecular weight excluding hydrogens is 272 g/mol. The van der Waals surface area contributed by atoms with Crippen molar-refractivity contribution >= 4 is 10.0 Å². The molecular formula is C15H26N2O2S. The van der Waals surface area contributed by atoms with Gasteiger partial charge in [-0.1, -0.05) is 44.2 Å². The first-order valence-electron chi connectivity index (χ1n) is 7.34. The summed E-state index contributed by atoms with van der Waals surface area (Å²) in [5, 5.41) is 3.21. The third-order valence-electron chi connectivity index (χ3n) is 3.13. The molecule has 1 rings (SSSR count). The first-order chi connectivity index (χ1) is 9.59. The maximum absolute atomic E-state index is 12.1.